The number of rotatable bonds is 12. The van der Waals surface area contributed by atoms with E-state index >= 15 is 0 Å². The largest absolute Gasteiger partial charge is 0.354 e. The van der Waals surface area contributed by atoms with E-state index in [9.17, 15) is 28.1 Å². The van der Waals surface area contributed by atoms with Crippen molar-refractivity contribution in [3.8, 4) is 0 Å². The molecule has 1 N–H and O–H groups in total. The normalized spacial score (nSPS) is 12.2. The number of hydrogen-bond acceptors (Lipinski definition) is 6. The smallest absolute Gasteiger partial charge is 0.271 e. The van der Waals surface area contributed by atoms with Gasteiger partial charge in [-0.05, 0) is 36.1 Å². The maximum atomic E-state index is 13.6. The minimum absolute atomic E-state index is 0.0446. The number of amides is 2. The van der Waals surface area contributed by atoms with Crippen molar-refractivity contribution >= 4 is 56.4 Å². The number of sulfonamides is 1. The molecule has 0 bridgehead atoms. The molecule has 2 aromatic carbocycles. The van der Waals surface area contributed by atoms with Gasteiger partial charge in [0.1, 0.15) is 12.6 Å². The van der Waals surface area contributed by atoms with E-state index in [1.807, 2.05) is 13.8 Å². The molecular weight excluding hydrogens is 543 g/mol. The van der Waals surface area contributed by atoms with E-state index in [4.69, 9.17) is 23.2 Å². The van der Waals surface area contributed by atoms with Crippen LogP contribution in [0.4, 0.5) is 11.4 Å². The Bertz CT molecular complexity index is 1260. The second kappa shape index (κ2) is 13.1. The molecule has 2 rings (SSSR count). The van der Waals surface area contributed by atoms with Crippen LogP contribution >= 0.6 is 23.2 Å². The summed E-state index contributed by atoms with van der Waals surface area (Å²) in [5, 5.41) is 14.6. The Balaban J connectivity index is 2.48. The fourth-order valence-corrected chi connectivity index (χ4v) is 4.71. The van der Waals surface area contributed by atoms with Crippen LogP contribution in [-0.2, 0) is 26.2 Å². The first kappa shape index (κ1) is 30.3. The van der Waals surface area contributed by atoms with E-state index in [1.54, 1.807) is 25.1 Å². The molecule has 0 aliphatic rings. The van der Waals surface area contributed by atoms with Crippen LogP contribution in [0.25, 0.3) is 0 Å². The second-order valence-corrected chi connectivity index (χ2v) is 11.6. The molecule has 0 aliphatic heterocycles. The van der Waals surface area contributed by atoms with Gasteiger partial charge in [-0.2, -0.15) is 0 Å². The van der Waals surface area contributed by atoms with E-state index < -0.39 is 33.4 Å². The summed E-state index contributed by atoms with van der Waals surface area (Å²) in [5.74, 6) is -0.879. The predicted molar refractivity (Wildman–Crippen MR) is 144 cm³/mol. The Hall–Kier alpha value is -2.89. The first-order valence-corrected chi connectivity index (χ1v) is 14.1. The van der Waals surface area contributed by atoms with Crippen LogP contribution < -0.4 is 9.62 Å². The molecule has 0 fully saturated rings. The molecule has 1 atom stereocenters. The molecule has 37 heavy (non-hydrogen) atoms. The van der Waals surface area contributed by atoms with Gasteiger partial charge in [-0.1, -0.05) is 56.1 Å². The minimum Gasteiger partial charge on any atom is -0.354 e. The Morgan fingerprint density at radius 1 is 1.11 bits per heavy atom. The molecule has 0 saturated carbocycles. The Morgan fingerprint density at radius 3 is 2.32 bits per heavy atom. The van der Waals surface area contributed by atoms with Crippen molar-refractivity contribution in [2.24, 2.45) is 5.92 Å². The van der Waals surface area contributed by atoms with Crippen molar-refractivity contribution in [2.75, 3.05) is 23.7 Å². The average Bonchev–Trinajstić information content (AvgIpc) is 2.82. The van der Waals surface area contributed by atoms with Gasteiger partial charge in [-0.15, -0.1) is 0 Å². The Labute approximate surface area is 226 Å². The summed E-state index contributed by atoms with van der Waals surface area (Å²) < 4.78 is 26.1. The number of halogens is 2. The van der Waals surface area contributed by atoms with Crippen LogP contribution in [0.3, 0.4) is 0 Å². The van der Waals surface area contributed by atoms with Crippen molar-refractivity contribution in [1.82, 2.24) is 10.2 Å². The highest BCUT2D eigenvalue weighted by atomic mass is 35.5. The number of benzene rings is 2. The third-order valence-corrected chi connectivity index (χ3v) is 7.29. The van der Waals surface area contributed by atoms with E-state index in [-0.39, 0.29) is 41.2 Å². The van der Waals surface area contributed by atoms with Crippen molar-refractivity contribution in [2.45, 2.75) is 39.8 Å². The van der Waals surface area contributed by atoms with Crippen LogP contribution in [0.1, 0.15) is 32.8 Å². The van der Waals surface area contributed by atoms with E-state index in [0.29, 0.717) is 17.1 Å². The number of nitrogens with one attached hydrogen (secondary N) is 1. The lowest BCUT2D eigenvalue weighted by molar-refractivity contribution is -0.384. The lowest BCUT2D eigenvalue weighted by Crippen LogP contribution is -2.52. The highest BCUT2D eigenvalue weighted by Crippen LogP contribution is 2.26. The SMILES string of the molecule is CCC(C(=O)NCC(C)C)N(Cc1ccc(Cl)c(Cl)c1)C(=O)CN(c1cccc([N+](=O)[O-])c1)S(C)(=O)=O. The van der Waals surface area contributed by atoms with Gasteiger partial charge in [0.15, 0.2) is 0 Å². The predicted octanol–water partition coefficient (Wildman–Crippen LogP) is 4.25. The van der Waals surface area contributed by atoms with Crippen molar-refractivity contribution < 1.29 is 22.9 Å². The zero-order valence-electron chi connectivity index (χ0n) is 21.0. The van der Waals surface area contributed by atoms with Crippen molar-refractivity contribution in [1.29, 1.82) is 0 Å². The summed E-state index contributed by atoms with van der Waals surface area (Å²) >= 11 is 12.2. The van der Waals surface area contributed by atoms with Gasteiger partial charge in [-0.3, -0.25) is 24.0 Å². The first-order valence-electron chi connectivity index (χ1n) is 11.5. The molecule has 0 heterocycles. The molecule has 0 spiro atoms. The summed E-state index contributed by atoms with van der Waals surface area (Å²) in [7, 11) is -4.02. The molecule has 0 aliphatic carbocycles. The van der Waals surface area contributed by atoms with E-state index in [2.05, 4.69) is 5.32 Å². The first-order chi connectivity index (χ1) is 17.2. The van der Waals surface area contributed by atoms with Crippen LogP contribution in [-0.4, -0.2) is 55.4 Å². The quantitative estimate of drug-likeness (QED) is 0.299. The van der Waals surface area contributed by atoms with Crippen LogP contribution in [0.15, 0.2) is 42.5 Å². The zero-order chi connectivity index (χ0) is 27.9. The highest BCUT2D eigenvalue weighted by Gasteiger charge is 2.32. The fourth-order valence-electron chi connectivity index (χ4n) is 3.55. The third kappa shape index (κ3) is 8.58. The van der Waals surface area contributed by atoms with Crippen LogP contribution in [0.2, 0.25) is 10.0 Å². The topological polar surface area (TPSA) is 130 Å². The molecule has 2 aromatic rings. The zero-order valence-corrected chi connectivity index (χ0v) is 23.3. The van der Waals surface area contributed by atoms with Gasteiger partial charge in [0, 0.05) is 25.2 Å². The van der Waals surface area contributed by atoms with Gasteiger partial charge >= 0.3 is 0 Å². The number of hydrogen-bond donors (Lipinski definition) is 1. The van der Waals surface area contributed by atoms with Crippen molar-refractivity contribution in [3.05, 3.63) is 68.2 Å². The molecule has 13 heteroatoms. The molecule has 0 radical (unpaired) electrons. The molecule has 1 unspecified atom stereocenters. The standard InChI is InChI=1S/C24H30Cl2N4O6S/c1-5-22(24(32)27-13-16(2)3)28(14-17-9-10-20(25)21(26)11-17)23(31)15-29(37(4,35)36)18-7-6-8-19(12-18)30(33)34/h6-12,16,22H,5,13-15H2,1-4H3,(H,27,32). The van der Waals surface area contributed by atoms with Crippen molar-refractivity contribution in [3.63, 3.8) is 0 Å². The summed E-state index contributed by atoms with van der Waals surface area (Å²) in [5.41, 5.74) is 0.210. The number of carbonyl (C=O) groups excluding carboxylic acids is 2. The lowest BCUT2D eigenvalue weighted by atomic mass is 10.1. The highest BCUT2D eigenvalue weighted by molar-refractivity contribution is 7.92. The Morgan fingerprint density at radius 2 is 1.78 bits per heavy atom. The van der Waals surface area contributed by atoms with Gasteiger partial charge in [-0.25, -0.2) is 8.42 Å². The number of non-ortho nitro benzene ring substituents is 1. The molecule has 0 saturated heterocycles. The molecule has 202 valence electrons. The molecule has 2 amide bonds. The lowest BCUT2D eigenvalue weighted by Gasteiger charge is -2.33. The molecule has 10 nitrogen and oxygen atoms in total. The molecular formula is C24H30Cl2N4O6S. The number of carbonyl (C=O) groups is 2. The monoisotopic (exact) mass is 572 g/mol. The van der Waals surface area contributed by atoms with Gasteiger partial charge in [0.2, 0.25) is 21.8 Å². The van der Waals surface area contributed by atoms with E-state index in [0.717, 1.165) is 16.6 Å². The fraction of sp³-hybridized carbons (Fsp3) is 0.417. The Kier molecular flexibility index (Phi) is 10.7. The van der Waals surface area contributed by atoms with Crippen LogP contribution in [0.5, 0.6) is 0 Å². The maximum Gasteiger partial charge on any atom is 0.271 e. The summed E-state index contributed by atoms with van der Waals surface area (Å²) in [6.07, 6.45) is 1.15. The van der Waals surface area contributed by atoms with Gasteiger partial charge in [0.05, 0.1) is 26.9 Å². The minimum atomic E-state index is -4.02. The maximum absolute atomic E-state index is 13.6. The molecule has 0 aromatic heterocycles. The third-order valence-electron chi connectivity index (χ3n) is 5.42. The number of nitro groups is 1. The second-order valence-electron chi connectivity index (χ2n) is 8.88. The summed E-state index contributed by atoms with van der Waals surface area (Å²) in [6.45, 7) is 5.29. The van der Waals surface area contributed by atoms with Crippen LogP contribution in [0, 0.1) is 16.0 Å². The van der Waals surface area contributed by atoms with Gasteiger partial charge < -0.3 is 10.2 Å². The summed E-state index contributed by atoms with van der Waals surface area (Å²) in [4.78, 5) is 38.5. The van der Waals surface area contributed by atoms with E-state index in [1.165, 1.54) is 23.1 Å². The van der Waals surface area contributed by atoms with Gasteiger partial charge in [0.25, 0.3) is 5.69 Å². The number of anilines is 1. The average molecular weight is 573 g/mol. The number of nitrogens with zero attached hydrogens (tertiary/aromatic N) is 3. The summed E-state index contributed by atoms with van der Waals surface area (Å²) in [6, 6.07) is 8.86. The number of nitro benzene ring substituents is 1.